The van der Waals surface area contributed by atoms with Gasteiger partial charge < -0.3 is 5.11 Å². The number of aliphatic hydroxyl groups excluding tert-OH is 1. The highest BCUT2D eigenvalue weighted by molar-refractivity contribution is 4.60. The number of unbranched alkanes of at least 4 members (excludes halogenated alkanes) is 3. The lowest BCUT2D eigenvalue weighted by molar-refractivity contribution is 0.132. The van der Waals surface area contributed by atoms with Gasteiger partial charge in [-0.3, -0.25) is 0 Å². The molecule has 0 fully saturated rings. The third kappa shape index (κ3) is 8.29. The predicted molar refractivity (Wildman–Crippen MR) is 58.8 cm³/mol. The van der Waals surface area contributed by atoms with Crippen LogP contribution >= 0.6 is 0 Å². The smallest absolute Gasteiger partial charge is 0.0542 e. The monoisotopic (exact) mass is 186 g/mol. The van der Waals surface area contributed by atoms with Crippen molar-refractivity contribution in [2.24, 2.45) is 5.92 Å². The average Bonchev–Trinajstić information content (AvgIpc) is 2.12. The van der Waals surface area contributed by atoms with Crippen molar-refractivity contribution < 1.29 is 5.11 Å². The molecule has 0 unspecified atom stereocenters. The maximum atomic E-state index is 9.65. The van der Waals surface area contributed by atoms with Gasteiger partial charge >= 0.3 is 0 Å². The van der Waals surface area contributed by atoms with Gasteiger partial charge in [-0.05, 0) is 18.8 Å². The lowest BCUT2D eigenvalue weighted by Crippen LogP contribution is -2.10. The van der Waals surface area contributed by atoms with E-state index in [0.29, 0.717) is 5.92 Å². The van der Waals surface area contributed by atoms with E-state index >= 15 is 0 Å². The van der Waals surface area contributed by atoms with Gasteiger partial charge in [-0.25, -0.2) is 0 Å². The lowest BCUT2D eigenvalue weighted by atomic mass is 9.97. The summed E-state index contributed by atoms with van der Waals surface area (Å²) >= 11 is 0. The van der Waals surface area contributed by atoms with Gasteiger partial charge in [0.15, 0.2) is 0 Å². The zero-order chi connectivity index (χ0) is 10.1. The Morgan fingerprint density at radius 1 is 1.08 bits per heavy atom. The molecule has 0 aromatic rings. The number of aliphatic hydroxyl groups is 1. The van der Waals surface area contributed by atoms with Gasteiger partial charge in [-0.2, -0.15) is 0 Å². The summed E-state index contributed by atoms with van der Waals surface area (Å²) in [6, 6.07) is 0. The van der Waals surface area contributed by atoms with E-state index in [1.807, 2.05) is 0 Å². The Labute approximate surface area is 83.5 Å². The summed E-state index contributed by atoms with van der Waals surface area (Å²) in [7, 11) is 0. The molecule has 0 radical (unpaired) electrons. The number of hydrogen-bond donors (Lipinski definition) is 1. The highest BCUT2D eigenvalue weighted by atomic mass is 16.3. The van der Waals surface area contributed by atoms with Crippen molar-refractivity contribution in [2.45, 2.75) is 71.8 Å². The van der Waals surface area contributed by atoms with E-state index in [-0.39, 0.29) is 6.10 Å². The van der Waals surface area contributed by atoms with Crippen molar-refractivity contribution in [1.82, 2.24) is 0 Å². The Balaban J connectivity index is 3.24. The van der Waals surface area contributed by atoms with Gasteiger partial charge in [0.25, 0.3) is 0 Å². The van der Waals surface area contributed by atoms with Crippen molar-refractivity contribution in [3.05, 3.63) is 0 Å². The highest BCUT2D eigenvalue weighted by Crippen LogP contribution is 2.14. The summed E-state index contributed by atoms with van der Waals surface area (Å²) < 4.78 is 0. The van der Waals surface area contributed by atoms with Crippen LogP contribution in [0.2, 0.25) is 0 Å². The Morgan fingerprint density at radius 2 is 1.77 bits per heavy atom. The molecule has 1 N–H and O–H groups in total. The Kier molecular flexibility index (Phi) is 8.53. The summed E-state index contributed by atoms with van der Waals surface area (Å²) in [5, 5.41) is 9.65. The molecule has 0 saturated heterocycles. The molecule has 1 nitrogen and oxygen atoms in total. The SMILES string of the molecule is CCCCCC[C@H](O)C[C@@H](C)CC. The average molecular weight is 186 g/mol. The molecule has 2 atom stereocenters. The molecule has 0 spiro atoms. The van der Waals surface area contributed by atoms with Crippen molar-refractivity contribution in [2.75, 3.05) is 0 Å². The van der Waals surface area contributed by atoms with Crippen LogP contribution in [-0.2, 0) is 0 Å². The quantitative estimate of drug-likeness (QED) is 0.572. The van der Waals surface area contributed by atoms with Gasteiger partial charge in [0.1, 0.15) is 0 Å². The van der Waals surface area contributed by atoms with Crippen LogP contribution in [-0.4, -0.2) is 11.2 Å². The third-order valence-electron chi connectivity index (χ3n) is 2.76. The molecule has 0 heterocycles. The molecule has 1 heteroatoms. The van der Waals surface area contributed by atoms with Crippen LogP contribution in [0, 0.1) is 5.92 Å². The zero-order valence-electron chi connectivity index (χ0n) is 9.55. The van der Waals surface area contributed by atoms with Crippen molar-refractivity contribution >= 4 is 0 Å². The fourth-order valence-electron chi connectivity index (χ4n) is 1.56. The maximum absolute atomic E-state index is 9.65. The van der Waals surface area contributed by atoms with Crippen LogP contribution in [0.25, 0.3) is 0 Å². The Morgan fingerprint density at radius 3 is 2.31 bits per heavy atom. The minimum Gasteiger partial charge on any atom is -0.393 e. The van der Waals surface area contributed by atoms with Gasteiger partial charge in [-0.15, -0.1) is 0 Å². The predicted octanol–water partition coefficient (Wildman–Crippen LogP) is 3.75. The topological polar surface area (TPSA) is 20.2 Å². The van der Waals surface area contributed by atoms with E-state index < -0.39 is 0 Å². The molecule has 80 valence electrons. The first kappa shape index (κ1) is 13.0. The maximum Gasteiger partial charge on any atom is 0.0542 e. The molecule has 13 heavy (non-hydrogen) atoms. The molecular formula is C12H26O. The molecule has 0 aromatic heterocycles. The first-order chi connectivity index (χ1) is 6.20. The molecule has 0 aliphatic carbocycles. The molecule has 0 rings (SSSR count). The Bertz CT molecular complexity index is 101. The van der Waals surface area contributed by atoms with Crippen LogP contribution in [0.5, 0.6) is 0 Å². The van der Waals surface area contributed by atoms with Crippen LogP contribution in [0.4, 0.5) is 0 Å². The molecule has 0 bridgehead atoms. The minimum absolute atomic E-state index is 0.0493. The molecule has 0 aliphatic rings. The minimum atomic E-state index is -0.0493. The van der Waals surface area contributed by atoms with Gasteiger partial charge in [0.05, 0.1) is 6.10 Å². The normalized spacial score (nSPS) is 15.7. The summed E-state index contributed by atoms with van der Waals surface area (Å²) in [4.78, 5) is 0. The summed E-state index contributed by atoms with van der Waals surface area (Å²) in [5.74, 6) is 0.682. The second kappa shape index (κ2) is 8.55. The summed E-state index contributed by atoms with van der Waals surface area (Å²) in [5.41, 5.74) is 0. The number of hydrogen-bond acceptors (Lipinski definition) is 1. The molecule has 0 amide bonds. The van der Waals surface area contributed by atoms with Gasteiger partial charge in [0, 0.05) is 0 Å². The van der Waals surface area contributed by atoms with Gasteiger partial charge in [-0.1, -0.05) is 52.9 Å². The third-order valence-corrected chi connectivity index (χ3v) is 2.76. The largest absolute Gasteiger partial charge is 0.393 e. The van der Waals surface area contributed by atoms with E-state index in [1.165, 1.54) is 32.1 Å². The first-order valence-corrected chi connectivity index (χ1v) is 5.88. The van der Waals surface area contributed by atoms with E-state index in [2.05, 4.69) is 20.8 Å². The van der Waals surface area contributed by atoms with Crippen molar-refractivity contribution in [3.8, 4) is 0 Å². The van der Waals surface area contributed by atoms with E-state index in [4.69, 9.17) is 0 Å². The molecule has 0 saturated carbocycles. The molecular weight excluding hydrogens is 160 g/mol. The summed E-state index contributed by atoms with van der Waals surface area (Å²) in [6.45, 7) is 6.62. The van der Waals surface area contributed by atoms with E-state index in [1.54, 1.807) is 0 Å². The second-order valence-corrected chi connectivity index (χ2v) is 4.25. The van der Waals surface area contributed by atoms with Crippen LogP contribution in [0.1, 0.15) is 65.7 Å². The Hall–Kier alpha value is -0.0400. The first-order valence-electron chi connectivity index (χ1n) is 5.88. The fraction of sp³-hybridized carbons (Fsp3) is 1.00. The highest BCUT2D eigenvalue weighted by Gasteiger charge is 2.07. The van der Waals surface area contributed by atoms with Crippen molar-refractivity contribution in [1.29, 1.82) is 0 Å². The lowest BCUT2D eigenvalue weighted by Gasteiger charge is -2.14. The van der Waals surface area contributed by atoms with Crippen molar-refractivity contribution in [3.63, 3.8) is 0 Å². The van der Waals surface area contributed by atoms with Gasteiger partial charge in [0.2, 0.25) is 0 Å². The summed E-state index contributed by atoms with van der Waals surface area (Å²) in [6.07, 6.45) is 8.21. The van der Waals surface area contributed by atoms with Crippen LogP contribution < -0.4 is 0 Å². The van der Waals surface area contributed by atoms with Crippen LogP contribution in [0.3, 0.4) is 0 Å². The van der Waals surface area contributed by atoms with E-state index in [9.17, 15) is 5.11 Å². The molecule has 0 aromatic carbocycles. The van der Waals surface area contributed by atoms with Crippen LogP contribution in [0.15, 0.2) is 0 Å². The number of rotatable bonds is 8. The van der Waals surface area contributed by atoms with E-state index in [0.717, 1.165) is 12.8 Å². The fourth-order valence-corrected chi connectivity index (χ4v) is 1.56. The standard InChI is InChI=1S/C12H26O/c1-4-6-7-8-9-12(13)10-11(3)5-2/h11-13H,4-10H2,1-3H3/t11-,12-/m0/s1. The molecule has 0 aliphatic heterocycles. The zero-order valence-corrected chi connectivity index (χ0v) is 9.55. The second-order valence-electron chi connectivity index (χ2n) is 4.25.